The molecule has 3 atom stereocenters. The second-order valence-corrected chi connectivity index (χ2v) is 20.9. The first-order valence-corrected chi connectivity index (χ1v) is 26.8. The summed E-state index contributed by atoms with van der Waals surface area (Å²) in [4.78, 5) is 100. The molecule has 1 aliphatic heterocycles. The largest absolute Gasteiger partial charge is 0.496 e. The third-order valence-corrected chi connectivity index (χ3v) is 15.1. The molecule has 0 radical (unpaired) electrons. The Morgan fingerprint density at radius 1 is 0.808 bits per heavy atom. The van der Waals surface area contributed by atoms with E-state index in [4.69, 9.17) is 14.6 Å². The molecule has 22 heteroatoms. The number of benzene rings is 2. The quantitative estimate of drug-likeness (QED) is 0.0655. The molecule has 2 aliphatic rings. The third-order valence-electron chi connectivity index (χ3n) is 15.1. The van der Waals surface area contributed by atoms with Crippen molar-refractivity contribution in [2.45, 2.75) is 89.6 Å². The van der Waals surface area contributed by atoms with Gasteiger partial charge in [-0.25, -0.2) is 9.48 Å². The lowest BCUT2D eigenvalue weighted by Crippen LogP contribution is -2.57. The monoisotopic (exact) mass is 1090 g/mol. The van der Waals surface area contributed by atoms with E-state index in [1.165, 1.54) is 14.2 Å². The van der Waals surface area contributed by atoms with E-state index in [2.05, 4.69) is 23.7 Å². The Hall–Kier alpha value is -6.88. The van der Waals surface area contributed by atoms with Crippen molar-refractivity contribution in [3.8, 4) is 28.4 Å². The van der Waals surface area contributed by atoms with Gasteiger partial charge in [0.1, 0.15) is 17.5 Å². The molecule has 5 rings (SSSR count). The Kier molecular flexibility index (Phi) is 22.8. The number of nitrogens with one attached hydrogen (secondary N) is 1. The molecule has 2 fully saturated rings. The van der Waals surface area contributed by atoms with Crippen LogP contribution in [0.15, 0.2) is 54.6 Å². The Morgan fingerprint density at radius 2 is 1.38 bits per heavy atom. The van der Waals surface area contributed by atoms with Crippen LogP contribution in [0.2, 0.25) is 0 Å². The lowest BCUT2D eigenvalue weighted by Gasteiger charge is -2.39. The molecule has 5 N–H and O–H groups in total. The maximum absolute atomic E-state index is 14.2. The maximum Gasteiger partial charge on any atom is 0.333 e. The lowest BCUT2D eigenvalue weighted by molar-refractivity contribution is -0.145. The van der Waals surface area contributed by atoms with Gasteiger partial charge in [0.15, 0.2) is 11.2 Å². The van der Waals surface area contributed by atoms with Crippen molar-refractivity contribution in [1.29, 1.82) is 0 Å². The van der Waals surface area contributed by atoms with E-state index in [1.54, 1.807) is 79.7 Å². The van der Waals surface area contributed by atoms with Gasteiger partial charge < -0.3 is 49.9 Å². The molecule has 2 heterocycles. The summed E-state index contributed by atoms with van der Waals surface area (Å²) in [5.41, 5.74) is 1.50. The van der Waals surface area contributed by atoms with Gasteiger partial charge in [-0.15, -0.1) is 0 Å². The first-order valence-electron chi connectivity index (χ1n) is 26.8. The van der Waals surface area contributed by atoms with Crippen LogP contribution in [0.4, 0.5) is 0 Å². The highest BCUT2D eigenvalue weighted by atomic mass is 16.5. The molecule has 1 aliphatic carbocycles. The van der Waals surface area contributed by atoms with Crippen molar-refractivity contribution in [2.75, 3.05) is 114 Å². The lowest BCUT2D eigenvalue weighted by atomic mass is 9.72. The summed E-state index contributed by atoms with van der Waals surface area (Å²) in [7, 11) is 8.44. The topological polar surface area (TPSA) is 268 Å². The van der Waals surface area contributed by atoms with Gasteiger partial charge in [0.25, 0.3) is 11.8 Å². The molecule has 3 unspecified atom stereocenters. The van der Waals surface area contributed by atoms with Crippen molar-refractivity contribution in [1.82, 2.24) is 44.5 Å². The van der Waals surface area contributed by atoms with Gasteiger partial charge in [-0.05, 0) is 118 Å². The Labute approximate surface area is 457 Å². The fraction of sp³-hybridized carbons (Fsp3) is 0.571. The number of carbonyl (C=O) groups excluding carboxylic acids is 3. The number of aromatic nitrogens is 2. The zero-order chi connectivity index (χ0) is 57.4. The summed E-state index contributed by atoms with van der Waals surface area (Å²) in [6, 6.07) is 11.2. The second kappa shape index (κ2) is 28.7. The molecule has 22 nitrogen and oxygen atoms in total. The molecular formula is C56H81N9O13. The zero-order valence-electron chi connectivity index (χ0n) is 46.7. The normalized spacial score (nSPS) is 18.1. The summed E-state index contributed by atoms with van der Waals surface area (Å²) in [6.45, 7) is 13.5. The van der Waals surface area contributed by atoms with E-state index in [9.17, 15) is 54.0 Å². The number of nitrogens with zero attached hydrogens (tertiary/aromatic N) is 8. The Balaban J connectivity index is 1.21. The van der Waals surface area contributed by atoms with Crippen LogP contribution in [0, 0.1) is 5.92 Å². The predicted molar refractivity (Wildman–Crippen MR) is 293 cm³/mol. The van der Waals surface area contributed by atoms with Crippen LogP contribution in [0.3, 0.4) is 0 Å². The zero-order valence-corrected chi connectivity index (χ0v) is 46.7. The van der Waals surface area contributed by atoms with Gasteiger partial charge >= 0.3 is 23.9 Å². The van der Waals surface area contributed by atoms with Crippen LogP contribution < -0.4 is 14.8 Å². The van der Waals surface area contributed by atoms with Crippen molar-refractivity contribution in [3.05, 3.63) is 71.4 Å². The first kappa shape index (κ1) is 62.0. The number of carboxylic acids is 4. The van der Waals surface area contributed by atoms with Crippen molar-refractivity contribution in [2.24, 2.45) is 5.92 Å². The van der Waals surface area contributed by atoms with Crippen LogP contribution in [-0.2, 0) is 24.0 Å². The van der Waals surface area contributed by atoms with E-state index in [0.717, 1.165) is 12.0 Å². The number of methoxy groups -OCH3 is 2. The molecule has 1 aromatic heterocycles. The van der Waals surface area contributed by atoms with Crippen molar-refractivity contribution < 1.29 is 63.5 Å². The van der Waals surface area contributed by atoms with Crippen molar-refractivity contribution >= 4 is 41.6 Å². The highest BCUT2D eigenvalue weighted by Gasteiger charge is 2.46. The smallest absolute Gasteiger partial charge is 0.333 e. The van der Waals surface area contributed by atoms with Gasteiger partial charge in [0.05, 0.1) is 44.3 Å². The van der Waals surface area contributed by atoms with Crippen LogP contribution in [0.5, 0.6) is 11.5 Å². The summed E-state index contributed by atoms with van der Waals surface area (Å²) in [6.07, 6.45) is 3.49. The Morgan fingerprint density at radius 3 is 1.90 bits per heavy atom. The maximum atomic E-state index is 14.2. The number of hydrogen-bond acceptors (Lipinski definition) is 14. The Bertz CT molecular complexity index is 2570. The van der Waals surface area contributed by atoms with Gasteiger partial charge in [-0.1, -0.05) is 39.8 Å². The van der Waals surface area contributed by atoms with E-state index in [0.29, 0.717) is 105 Å². The van der Waals surface area contributed by atoms with Crippen LogP contribution in [0.25, 0.3) is 16.9 Å². The first-order chi connectivity index (χ1) is 37.0. The van der Waals surface area contributed by atoms with Crippen molar-refractivity contribution in [3.63, 3.8) is 0 Å². The van der Waals surface area contributed by atoms with E-state index < -0.39 is 41.4 Å². The standard InChI is InChI=1S/C56H81N9O13/c1-10-39-20-21-56(55(75)76,38(4)32-39)57-52(71)42-34-45(51-46(77-8)14-11-15-47(51)78-9)65(58-42)43-17-16-40(33-41(43)37(2)3)53(72)61(7)25-13-23-59(5)22-12-24-60(6)48(66)19-18-44(54(73)74)64-30-28-62(35-49(67)68)26-27-63(29-31-64)36-50(69)70/h11,14-17,33-34,37,39,44H,4,10,12-13,18-32,35-36H2,1-3,5-9H3,(H,57,71)(H,67,68)(H,69,70)(H,73,74)(H,75,76). The number of ether oxygens (including phenoxy) is 2. The number of aliphatic carboxylic acids is 4. The van der Waals surface area contributed by atoms with E-state index >= 15 is 0 Å². The van der Waals surface area contributed by atoms with Gasteiger partial charge in [0.2, 0.25) is 5.91 Å². The fourth-order valence-electron chi connectivity index (χ4n) is 10.4. The highest BCUT2D eigenvalue weighted by Crippen LogP contribution is 2.42. The summed E-state index contributed by atoms with van der Waals surface area (Å²) >= 11 is 0. The van der Waals surface area contributed by atoms with E-state index in [-0.39, 0.29) is 87.9 Å². The minimum absolute atomic E-state index is 0.0192. The minimum Gasteiger partial charge on any atom is -0.496 e. The molecule has 3 aromatic rings. The number of amides is 3. The van der Waals surface area contributed by atoms with Gasteiger partial charge in [-0.3, -0.25) is 43.5 Å². The molecule has 0 spiro atoms. The molecule has 428 valence electrons. The number of hydrogen-bond donors (Lipinski definition) is 5. The fourth-order valence-corrected chi connectivity index (χ4v) is 10.4. The number of carboxylic acid groups (broad SMARTS) is 4. The molecular weight excluding hydrogens is 1010 g/mol. The average Bonchev–Trinajstić information content (AvgIpc) is 3.94. The van der Waals surface area contributed by atoms with Crippen LogP contribution in [0.1, 0.15) is 104 Å². The number of rotatable bonds is 27. The SMILES string of the molecule is C=C1CC(CC)CCC1(NC(=O)c1cc(-c2c(OC)cccc2OC)n(-c2ccc(C(=O)N(C)CCCN(C)CCCN(C)C(=O)CCC(C(=O)O)N3CCN(CC(=O)O)CCN(CC(=O)O)CC3)cc2C(C)C)n1)C(=O)O. The third kappa shape index (κ3) is 16.1. The molecule has 3 amide bonds. The second-order valence-electron chi connectivity index (χ2n) is 20.9. The average molecular weight is 1090 g/mol. The molecule has 0 bridgehead atoms. The van der Waals surface area contributed by atoms with Crippen LogP contribution >= 0.6 is 0 Å². The summed E-state index contributed by atoms with van der Waals surface area (Å²) in [5, 5.41) is 47.2. The molecule has 2 aromatic carbocycles. The molecule has 1 saturated carbocycles. The summed E-state index contributed by atoms with van der Waals surface area (Å²) in [5.74, 6) is -4.40. The number of carbonyl (C=O) groups is 7. The van der Waals surface area contributed by atoms with Gasteiger partial charge in [-0.2, -0.15) is 5.10 Å². The molecule has 1 saturated heterocycles. The molecule has 78 heavy (non-hydrogen) atoms. The van der Waals surface area contributed by atoms with E-state index in [1.807, 2.05) is 27.0 Å². The highest BCUT2D eigenvalue weighted by molar-refractivity contribution is 5.99. The summed E-state index contributed by atoms with van der Waals surface area (Å²) < 4.78 is 13.2. The van der Waals surface area contributed by atoms with Gasteiger partial charge in [0, 0.05) is 78.4 Å². The van der Waals surface area contributed by atoms with Crippen LogP contribution in [-0.4, -0.2) is 227 Å². The predicted octanol–water partition coefficient (Wildman–Crippen LogP) is 4.56. The minimum atomic E-state index is -1.66.